The Morgan fingerprint density at radius 3 is 2.53 bits per heavy atom. The number of benzene rings is 2. The maximum absolute atomic E-state index is 13.4. The Hall–Kier alpha value is -3.08. The van der Waals surface area contributed by atoms with E-state index in [1.54, 1.807) is 6.07 Å². The van der Waals surface area contributed by atoms with Crippen LogP contribution >= 0.6 is 0 Å². The Labute approximate surface area is 186 Å². The SMILES string of the molecule is CC1=[N+](CCC(C)C)c2ccc(C(F)(F)F)cc2C1=CC=Cc1c(C)[nH]c2ccccc12. The number of nitrogens with zero attached hydrogens (tertiary/aromatic N) is 1. The van der Waals surface area contributed by atoms with Crippen LogP contribution in [-0.4, -0.2) is 21.8 Å². The molecular weight excluding hydrogens is 409 g/mol. The number of hydrogen-bond acceptors (Lipinski definition) is 0. The first-order chi connectivity index (χ1) is 15.2. The highest BCUT2D eigenvalue weighted by atomic mass is 19.4. The molecule has 0 unspecified atom stereocenters. The van der Waals surface area contributed by atoms with Crippen molar-refractivity contribution in [1.82, 2.24) is 4.98 Å². The van der Waals surface area contributed by atoms with Gasteiger partial charge in [0.2, 0.25) is 5.69 Å². The van der Waals surface area contributed by atoms with Crippen molar-refractivity contribution >= 4 is 34.0 Å². The number of halogens is 3. The Bertz CT molecular complexity index is 1250. The molecule has 5 heteroatoms. The topological polar surface area (TPSA) is 18.8 Å². The molecule has 2 heterocycles. The average molecular weight is 438 g/mol. The van der Waals surface area contributed by atoms with Gasteiger partial charge in [0.05, 0.1) is 16.7 Å². The summed E-state index contributed by atoms with van der Waals surface area (Å²) in [4.78, 5) is 3.38. The fourth-order valence-corrected chi connectivity index (χ4v) is 4.32. The van der Waals surface area contributed by atoms with Crippen molar-refractivity contribution in [3.8, 4) is 0 Å². The van der Waals surface area contributed by atoms with E-state index in [-0.39, 0.29) is 0 Å². The molecule has 0 saturated carbocycles. The summed E-state index contributed by atoms with van der Waals surface area (Å²) in [7, 11) is 0. The quantitative estimate of drug-likeness (QED) is 0.393. The Kier molecular flexibility index (Phi) is 5.85. The van der Waals surface area contributed by atoms with Crippen molar-refractivity contribution in [2.45, 2.75) is 40.3 Å². The number of H-pyrrole nitrogens is 1. The van der Waals surface area contributed by atoms with Gasteiger partial charge in [-0.1, -0.05) is 44.2 Å². The van der Waals surface area contributed by atoms with E-state index in [0.29, 0.717) is 11.5 Å². The molecule has 3 aromatic rings. The third kappa shape index (κ3) is 4.16. The van der Waals surface area contributed by atoms with Crippen LogP contribution in [0, 0.1) is 12.8 Å². The van der Waals surface area contributed by atoms with Crippen LogP contribution in [-0.2, 0) is 6.18 Å². The van der Waals surface area contributed by atoms with Gasteiger partial charge in [-0.05, 0) is 37.1 Å². The van der Waals surface area contributed by atoms with Crippen molar-refractivity contribution in [2.24, 2.45) is 5.92 Å². The largest absolute Gasteiger partial charge is 0.416 e. The second kappa shape index (κ2) is 8.45. The predicted molar refractivity (Wildman–Crippen MR) is 126 cm³/mol. The molecular formula is C27H28F3N2+. The number of hydrogen-bond donors (Lipinski definition) is 1. The number of aromatic amines is 1. The van der Waals surface area contributed by atoms with Crippen LogP contribution in [0.15, 0.2) is 54.6 Å². The first-order valence-electron chi connectivity index (χ1n) is 11.0. The fourth-order valence-electron chi connectivity index (χ4n) is 4.32. The highest BCUT2D eigenvalue weighted by Gasteiger charge is 2.36. The van der Waals surface area contributed by atoms with Crippen molar-refractivity contribution in [3.63, 3.8) is 0 Å². The Morgan fingerprint density at radius 1 is 1.06 bits per heavy atom. The molecule has 1 aliphatic heterocycles. The summed E-state index contributed by atoms with van der Waals surface area (Å²) in [5.41, 5.74) is 5.92. The standard InChI is InChI=1S/C27H27F3N2/c1-17(2)14-15-32-19(4)22(24-16-20(27(28,29)30)12-13-26(24)32)10-7-9-21-18(3)31-25-11-6-5-8-23(21)25/h5-13,16-17H,14-15H2,1-4H3/p+1. The zero-order chi connectivity index (χ0) is 23.0. The maximum Gasteiger partial charge on any atom is 0.416 e. The van der Waals surface area contributed by atoms with Gasteiger partial charge in [-0.2, -0.15) is 17.7 Å². The van der Waals surface area contributed by atoms with Crippen molar-refractivity contribution in [2.75, 3.05) is 6.54 Å². The molecule has 166 valence electrons. The summed E-state index contributed by atoms with van der Waals surface area (Å²) in [5.74, 6) is 0.512. The van der Waals surface area contributed by atoms with E-state index in [4.69, 9.17) is 0 Å². The molecule has 0 fully saturated rings. The van der Waals surface area contributed by atoms with Gasteiger partial charge in [0.15, 0.2) is 5.71 Å². The second-order valence-corrected chi connectivity index (χ2v) is 8.80. The van der Waals surface area contributed by atoms with Crippen LogP contribution in [0.3, 0.4) is 0 Å². The Morgan fingerprint density at radius 2 is 1.81 bits per heavy atom. The highest BCUT2D eigenvalue weighted by molar-refractivity contribution is 6.24. The first kappa shape index (κ1) is 22.1. The van der Waals surface area contributed by atoms with E-state index in [0.717, 1.165) is 52.1 Å². The third-order valence-electron chi connectivity index (χ3n) is 6.10. The lowest BCUT2D eigenvalue weighted by atomic mass is 10.00. The van der Waals surface area contributed by atoms with Crippen LogP contribution in [0.5, 0.6) is 0 Å². The van der Waals surface area contributed by atoms with Crippen LogP contribution in [0.2, 0.25) is 0 Å². The predicted octanol–water partition coefficient (Wildman–Crippen LogP) is 7.76. The molecule has 0 aliphatic carbocycles. The van der Waals surface area contributed by atoms with Gasteiger partial charge in [-0.15, -0.1) is 0 Å². The molecule has 0 atom stereocenters. The molecule has 2 nitrogen and oxygen atoms in total. The minimum atomic E-state index is -4.36. The molecule has 1 aromatic heterocycles. The third-order valence-corrected chi connectivity index (χ3v) is 6.10. The number of para-hydroxylation sites is 1. The molecule has 0 spiro atoms. The van der Waals surface area contributed by atoms with Crippen LogP contribution in [0.4, 0.5) is 18.9 Å². The number of nitrogens with one attached hydrogen (secondary N) is 1. The lowest BCUT2D eigenvalue weighted by molar-refractivity contribution is -0.439. The van der Waals surface area contributed by atoms with Gasteiger partial charge in [0.1, 0.15) is 6.54 Å². The van der Waals surface area contributed by atoms with Gasteiger partial charge in [0.25, 0.3) is 0 Å². The first-order valence-corrected chi connectivity index (χ1v) is 11.0. The van der Waals surface area contributed by atoms with E-state index in [1.807, 2.05) is 50.3 Å². The van der Waals surface area contributed by atoms with E-state index in [9.17, 15) is 13.2 Å². The minimum absolute atomic E-state index is 0.512. The molecule has 2 aromatic carbocycles. The zero-order valence-corrected chi connectivity index (χ0v) is 18.8. The van der Waals surface area contributed by atoms with Crippen molar-refractivity contribution < 1.29 is 17.7 Å². The molecule has 0 amide bonds. The number of fused-ring (bicyclic) bond motifs is 2. The van der Waals surface area contributed by atoms with E-state index >= 15 is 0 Å². The van der Waals surface area contributed by atoms with Gasteiger partial charge in [0, 0.05) is 41.6 Å². The van der Waals surface area contributed by atoms with Crippen LogP contribution < -0.4 is 0 Å². The lowest BCUT2D eigenvalue weighted by Crippen LogP contribution is -2.13. The van der Waals surface area contributed by atoms with E-state index in [1.165, 1.54) is 12.1 Å². The molecule has 0 radical (unpaired) electrons. The summed E-state index contributed by atoms with van der Waals surface area (Å²) in [6.45, 7) is 9.11. The summed E-state index contributed by atoms with van der Waals surface area (Å²) in [6.07, 6.45) is 2.51. The van der Waals surface area contributed by atoms with Gasteiger partial charge in [-0.25, -0.2) is 0 Å². The lowest BCUT2D eigenvalue weighted by Gasteiger charge is -2.08. The normalized spacial score (nSPS) is 15.7. The van der Waals surface area contributed by atoms with Gasteiger partial charge >= 0.3 is 6.18 Å². The van der Waals surface area contributed by atoms with Crippen molar-refractivity contribution in [3.05, 3.63) is 77.0 Å². The molecule has 0 saturated heterocycles. The highest BCUT2D eigenvalue weighted by Crippen LogP contribution is 2.39. The molecule has 32 heavy (non-hydrogen) atoms. The molecule has 1 N–H and O–H groups in total. The maximum atomic E-state index is 13.4. The van der Waals surface area contributed by atoms with Crippen LogP contribution in [0.25, 0.3) is 22.6 Å². The summed E-state index contributed by atoms with van der Waals surface area (Å²) in [6, 6.07) is 12.2. The van der Waals surface area contributed by atoms with E-state index < -0.39 is 11.7 Å². The Balaban J connectivity index is 1.77. The summed E-state index contributed by atoms with van der Waals surface area (Å²) >= 11 is 0. The van der Waals surface area contributed by atoms with E-state index in [2.05, 4.69) is 29.5 Å². The average Bonchev–Trinajstić information content (AvgIpc) is 3.19. The zero-order valence-electron chi connectivity index (χ0n) is 18.8. The minimum Gasteiger partial charge on any atom is -0.358 e. The fraction of sp³-hybridized carbons (Fsp3) is 0.296. The molecule has 4 rings (SSSR count). The number of aromatic nitrogens is 1. The number of allylic oxidation sites excluding steroid dienone is 3. The smallest absolute Gasteiger partial charge is 0.358 e. The van der Waals surface area contributed by atoms with Crippen LogP contribution in [0.1, 0.15) is 49.6 Å². The molecule has 1 aliphatic rings. The second-order valence-electron chi connectivity index (χ2n) is 8.80. The number of rotatable bonds is 5. The number of alkyl halides is 3. The summed E-state index contributed by atoms with van der Waals surface area (Å²) < 4.78 is 42.4. The molecule has 0 bridgehead atoms. The van der Waals surface area contributed by atoms with Crippen molar-refractivity contribution in [1.29, 1.82) is 0 Å². The number of aryl methyl sites for hydroxylation is 1. The van der Waals surface area contributed by atoms with Gasteiger partial charge < -0.3 is 4.98 Å². The summed E-state index contributed by atoms with van der Waals surface area (Å²) in [5, 5.41) is 1.13. The van der Waals surface area contributed by atoms with Gasteiger partial charge in [-0.3, -0.25) is 0 Å². The monoisotopic (exact) mass is 437 g/mol.